The molecule has 2 aromatic rings. The second-order valence-corrected chi connectivity index (χ2v) is 9.80. The summed E-state index contributed by atoms with van der Waals surface area (Å²) >= 11 is 0. The first kappa shape index (κ1) is 25.2. The number of rotatable bonds is 6. The third-order valence-electron chi connectivity index (χ3n) is 7.62. The largest absolute Gasteiger partial charge is 0.343 e. The number of likely N-dealkylation sites (N-methyl/N-ethyl adjacent to an activating group) is 1. The fourth-order valence-corrected chi connectivity index (χ4v) is 5.26. The van der Waals surface area contributed by atoms with Gasteiger partial charge < -0.3 is 25.0 Å². The number of carbonyl (C=O) groups excluding carboxylic acids is 3. The van der Waals surface area contributed by atoms with Gasteiger partial charge in [-0.1, -0.05) is 19.3 Å². The number of aromatic nitrogens is 1. The molecule has 1 aromatic carbocycles. The molecule has 35 heavy (non-hydrogen) atoms. The van der Waals surface area contributed by atoms with Gasteiger partial charge in [0, 0.05) is 38.6 Å². The molecule has 0 bridgehead atoms. The van der Waals surface area contributed by atoms with Crippen LogP contribution in [0.4, 0.5) is 4.39 Å². The van der Waals surface area contributed by atoms with Crippen LogP contribution >= 0.6 is 0 Å². The van der Waals surface area contributed by atoms with Crippen molar-refractivity contribution in [2.75, 3.05) is 33.2 Å². The van der Waals surface area contributed by atoms with E-state index in [1.807, 2.05) is 0 Å². The third-order valence-corrected chi connectivity index (χ3v) is 7.62. The van der Waals surface area contributed by atoms with E-state index >= 15 is 0 Å². The highest BCUT2D eigenvalue weighted by molar-refractivity contribution is 5.99. The summed E-state index contributed by atoms with van der Waals surface area (Å²) in [5.41, 5.74) is 1.17. The van der Waals surface area contributed by atoms with Crippen molar-refractivity contribution < 1.29 is 18.8 Å². The maximum atomic E-state index is 13.7. The van der Waals surface area contributed by atoms with Crippen molar-refractivity contribution in [2.24, 2.45) is 13.0 Å². The van der Waals surface area contributed by atoms with Crippen LogP contribution in [0.3, 0.4) is 0 Å². The molecule has 1 saturated carbocycles. The van der Waals surface area contributed by atoms with Gasteiger partial charge in [-0.2, -0.15) is 0 Å². The minimum absolute atomic E-state index is 0.0549. The normalized spacial score (nSPS) is 19.0. The lowest BCUT2D eigenvalue weighted by atomic mass is 9.83. The second-order valence-electron chi connectivity index (χ2n) is 9.80. The fourth-order valence-electron chi connectivity index (χ4n) is 5.26. The van der Waals surface area contributed by atoms with E-state index in [1.54, 1.807) is 47.5 Å². The molecule has 0 radical (unpaired) electrons. The van der Waals surface area contributed by atoms with Crippen LogP contribution in [0, 0.1) is 11.7 Å². The van der Waals surface area contributed by atoms with Crippen molar-refractivity contribution in [3.63, 3.8) is 0 Å². The first-order valence-corrected chi connectivity index (χ1v) is 12.6. The molecule has 8 nitrogen and oxygen atoms in total. The first-order chi connectivity index (χ1) is 16.8. The molecule has 4 rings (SSSR count). The average molecular weight is 486 g/mol. The molecule has 3 amide bonds. The van der Waals surface area contributed by atoms with Gasteiger partial charge in [-0.05, 0) is 57.0 Å². The number of nitrogens with one attached hydrogen (secondary N) is 2. The maximum absolute atomic E-state index is 13.7. The highest BCUT2D eigenvalue weighted by atomic mass is 19.1. The number of nitrogens with zero attached hydrogens (tertiary/aromatic N) is 3. The van der Waals surface area contributed by atoms with Crippen molar-refractivity contribution in [1.29, 1.82) is 0 Å². The Morgan fingerprint density at radius 2 is 1.66 bits per heavy atom. The van der Waals surface area contributed by atoms with Crippen LogP contribution in [0.2, 0.25) is 0 Å². The highest BCUT2D eigenvalue weighted by Gasteiger charge is 2.36. The van der Waals surface area contributed by atoms with Crippen molar-refractivity contribution in [3.05, 3.63) is 35.8 Å². The van der Waals surface area contributed by atoms with Gasteiger partial charge in [-0.15, -0.1) is 0 Å². The average Bonchev–Trinajstić information content (AvgIpc) is 3.21. The Hall–Kier alpha value is -2.94. The Morgan fingerprint density at radius 3 is 2.31 bits per heavy atom. The Labute approximate surface area is 205 Å². The Bertz CT molecular complexity index is 1090. The minimum Gasteiger partial charge on any atom is -0.343 e. The molecule has 1 unspecified atom stereocenters. The molecule has 2 heterocycles. The number of hydrogen-bond acceptors (Lipinski definition) is 4. The predicted octanol–water partition coefficient (Wildman–Crippen LogP) is 2.27. The number of halogens is 1. The molecule has 2 aliphatic rings. The molecule has 1 aliphatic heterocycles. The maximum Gasteiger partial charge on any atom is 0.270 e. The molecule has 0 spiro atoms. The van der Waals surface area contributed by atoms with Crippen LogP contribution < -0.4 is 10.6 Å². The van der Waals surface area contributed by atoms with Gasteiger partial charge in [0.2, 0.25) is 11.8 Å². The van der Waals surface area contributed by atoms with Gasteiger partial charge in [0.25, 0.3) is 5.91 Å². The number of hydrogen-bond donors (Lipinski definition) is 2. The summed E-state index contributed by atoms with van der Waals surface area (Å²) in [7, 11) is 3.49. The van der Waals surface area contributed by atoms with E-state index in [2.05, 4.69) is 10.6 Å². The number of benzene rings is 1. The van der Waals surface area contributed by atoms with Crippen LogP contribution in [0.5, 0.6) is 0 Å². The first-order valence-electron chi connectivity index (χ1n) is 12.6. The number of piperazine rings is 1. The lowest BCUT2D eigenvalue weighted by Crippen LogP contribution is -2.59. The van der Waals surface area contributed by atoms with Crippen molar-refractivity contribution in [1.82, 2.24) is 25.0 Å². The summed E-state index contributed by atoms with van der Waals surface area (Å²) in [6.07, 6.45) is 5.18. The van der Waals surface area contributed by atoms with Gasteiger partial charge in [-0.25, -0.2) is 4.39 Å². The van der Waals surface area contributed by atoms with Crippen molar-refractivity contribution in [3.8, 4) is 0 Å². The van der Waals surface area contributed by atoms with Gasteiger partial charge in [0.15, 0.2) is 0 Å². The quantitative estimate of drug-likeness (QED) is 0.657. The molecule has 2 fully saturated rings. The van der Waals surface area contributed by atoms with Gasteiger partial charge in [-0.3, -0.25) is 14.4 Å². The molecule has 2 atom stereocenters. The van der Waals surface area contributed by atoms with Crippen LogP contribution in [-0.2, 0) is 16.6 Å². The SMILES string of the molecule is CN[C@@H](C)C(=O)NC(C(=O)N1CCN(C(=O)c2cc3ccc(F)cc3n2C)CC1)C1CCCCC1. The van der Waals surface area contributed by atoms with E-state index in [-0.39, 0.29) is 35.5 Å². The van der Waals surface area contributed by atoms with Crippen molar-refractivity contribution in [2.45, 2.75) is 51.1 Å². The summed E-state index contributed by atoms with van der Waals surface area (Å²) in [4.78, 5) is 42.9. The minimum atomic E-state index is -0.533. The Kier molecular flexibility index (Phi) is 7.74. The van der Waals surface area contributed by atoms with Crippen LogP contribution in [0.25, 0.3) is 10.9 Å². The van der Waals surface area contributed by atoms with E-state index in [1.165, 1.54) is 18.6 Å². The fraction of sp³-hybridized carbons (Fsp3) is 0.577. The highest BCUT2D eigenvalue weighted by Crippen LogP contribution is 2.28. The number of amides is 3. The van der Waals surface area contributed by atoms with Crippen LogP contribution in [0.15, 0.2) is 24.3 Å². The van der Waals surface area contributed by atoms with E-state index < -0.39 is 6.04 Å². The van der Waals surface area contributed by atoms with Crippen molar-refractivity contribution >= 4 is 28.6 Å². The van der Waals surface area contributed by atoms with Gasteiger partial charge >= 0.3 is 0 Å². The van der Waals surface area contributed by atoms with E-state index in [9.17, 15) is 18.8 Å². The number of aryl methyl sites for hydroxylation is 1. The summed E-state index contributed by atoms with van der Waals surface area (Å²) in [6, 6.07) is 5.36. The summed E-state index contributed by atoms with van der Waals surface area (Å²) < 4.78 is 15.4. The standard InChI is InChI=1S/C26H36FN5O3/c1-17(28-2)24(33)29-23(18-7-5-4-6-8-18)26(35)32-13-11-31(12-14-32)25(34)22-15-19-9-10-20(27)16-21(19)30(22)3/h9-10,15-18,23,28H,4-8,11-14H2,1-3H3,(H,29,33)/t17-,23?/m0/s1. The lowest BCUT2D eigenvalue weighted by Gasteiger charge is -2.39. The summed E-state index contributed by atoms with van der Waals surface area (Å²) in [5.74, 6) is -0.553. The molecule has 1 aliphatic carbocycles. The zero-order valence-electron chi connectivity index (χ0n) is 20.8. The smallest absolute Gasteiger partial charge is 0.270 e. The van der Waals surface area contributed by atoms with Gasteiger partial charge in [0.1, 0.15) is 17.6 Å². The van der Waals surface area contributed by atoms with E-state index in [0.717, 1.165) is 31.1 Å². The molecule has 190 valence electrons. The van der Waals surface area contributed by atoms with Gasteiger partial charge in [0.05, 0.1) is 11.6 Å². The molecule has 1 aromatic heterocycles. The Morgan fingerprint density at radius 1 is 1.00 bits per heavy atom. The summed E-state index contributed by atoms with van der Waals surface area (Å²) in [5, 5.41) is 6.77. The molecule has 2 N–H and O–H groups in total. The molecular formula is C26H36FN5O3. The topological polar surface area (TPSA) is 86.7 Å². The van der Waals surface area contributed by atoms with E-state index in [4.69, 9.17) is 0 Å². The molecular weight excluding hydrogens is 449 g/mol. The molecule has 9 heteroatoms. The Balaban J connectivity index is 1.43. The summed E-state index contributed by atoms with van der Waals surface area (Å²) in [6.45, 7) is 3.45. The number of carbonyl (C=O) groups is 3. The number of fused-ring (bicyclic) bond motifs is 1. The predicted molar refractivity (Wildman–Crippen MR) is 132 cm³/mol. The lowest BCUT2D eigenvalue weighted by molar-refractivity contribution is -0.140. The van der Waals surface area contributed by atoms with E-state index in [0.29, 0.717) is 37.4 Å². The molecule has 1 saturated heterocycles. The zero-order valence-corrected chi connectivity index (χ0v) is 20.8. The van der Waals surface area contributed by atoms with Crippen LogP contribution in [0.1, 0.15) is 49.5 Å². The monoisotopic (exact) mass is 485 g/mol. The second kappa shape index (κ2) is 10.8. The third kappa shape index (κ3) is 5.34. The van der Waals surface area contributed by atoms with Crippen LogP contribution in [-0.4, -0.2) is 77.4 Å². The zero-order chi connectivity index (χ0) is 25.1.